The summed E-state index contributed by atoms with van der Waals surface area (Å²) < 4.78 is 5.01. The smallest absolute Gasteiger partial charge is 0.221 e. The number of ether oxygens (including phenoxy) is 1. The molecule has 0 bridgehead atoms. The highest BCUT2D eigenvalue weighted by molar-refractivity contribution is 5.90. The molecular formula is C10H13NO3. The van der Waals surface area contributed by atoms with Crippen molar-refractivity contribution in [3.63, 3.8) is 0 Å². The minimum absolute atomic E-state index is 0.0413. The lowest BCUT2D eigenvalue weighted by Gasteiger charge is -2.10. The first-order chi connectivity index (χ1) is 6.56. The number of benzene rings is 1. The van der Waals surface area contributed by atoms with Crippen molar-refractivity contribution in [1.82, 2.24) is 0 Å². The highest BCUT2D eigenvalue weighted by atomic mass is 16.5. The lowest BCUT2D eigenvalue weighted by Crippen LogP contribution is -2.06. The van der Waals surface area contributed by atoms with Crippen LogP contribution in [0.2, 0.25) is 0 Å². The number of methoxy groups -OCH3 is 1. The van der Waals surface area contributed by atoms with Gasteiger partial charge in [0.1, 0.15) is 11.5 Å². The van der Waals surface area contributed by atoms with Gasteiger partial charge < -0.3 is 15.2 Å². The van der Waals surface area contributed by atoms with Gasteiger partial charge in [-0.05, 0) is 19.1 Å². The second kappa shape index (κ2) is 4.00. The Morgan fingerprint density at radius 1 is 1.50 bits per heavy atom. The van der Waals surface area contributed by atoms with Gasteiger partial charge >= 0.3 is 0 Å². The topological polar surface area (TPSA) is 58.6 Å². The monoisotopic (exact) mass is 195 g/mol. The predicted octanol–water partition coefficient (Wildman–Crippen LogP) is 1.67. The highest BCUT2D eigenvalue weighted by Gasteiger charge is 2.09. The summed E-state index contributed by atoms with van der Waals surface area (Å²) in [4.78, 5) is 10.8. The van der Waals surface area contributed by atoms with Crippen LogP contribution in [0.5, 0.6) is 11.5 Å². The fourth-order valence-electron chi connectivity index (χ4n) is 1.19. The maximum atomic E-state index is 10.8. The van der Waals surface area contributed by atoms with E-state index in [4.69, 9.17) is 4.74 Å². The van der Waals surface area contributed by atoms with Gasteiger partial charge in [0, 0.05) is 12.5 Å². The van der Waals surface area contributed by atoms with E-state index in [9.17, 15) is 9.90 Å². The summed E-state index contributed by atoms with van der Waals surface area (Å²) in [6.45, 7) is 3.11. The Balaban J connectivity index is 3.10. The molecule has 14 heavy (non-hydrogen) atoms. The molecule has 0 heterocycles. The Bertz CT molecular complexity index is 361. The number of anilines is 1. The number of carbonyl (C=O) groups is 1. The van der Waals surface area contributed by atoms with Gasteiger partial charge in [-0.3, -0.25) is 4.79 Å². The minimum atomic E-state index is -0.218. The molecule has 2 N–H and O–H groups in total. The molecule has 0 unspecified atom stereocenters. The Labute approximate surface area is 82.5 Å². The van der Waals surface area contributed by atoms with E-state index in [1.54, 1.807) is 19.1 Å². The van der Waals surface area contributed by atoms with Gasteiger partial charge in [0.05, 0.1) is 12.8 Å². The third kappa shape index (κ3) is 1.96. The number of phenols is 1. The molecule has 0 saturated heterocycles. The summed E-state index contributed by atoms with van der Waals surface area (Å²) in [5.41, 5.74) is 1.01. The first-order valence-electron chi connectivity index (χ1n) is 4.20. The Morgan fingerprint density at radius 3 is 2.64 bits per heavy atom. The van der Waals surface area contributed by atoms with E-state index in [-0.39, 0.29) is 11.7 Å². The van der Waals surface area contributed by atoms with Crippen LogP contribution in [0.25, 0.3) is 0 Å². The summed E-state index contributed by atoms with van der Waals surface area (Å²) in [7, 11) is 1.53. The zero-order valence-electron chi connectivity index (χ0n) is 8.42. The van der Waals surface area contributed by atoms with Crippen molar-refractivity contribution < 1.29 is 14.6 Å². The number of aromatic hydroxyl groups is 1. The van der Waals surface area contributed by atoms with Gasteiger partial charge in [0.2, 0.25) is 5.91 Å². The average Bonchev–Trinajstić information content (AvgIpc) is 2.13. The van der Waals surface area contributed by atoms with Crippen LogP contribution in [0.3, 0.4) is 0 Å². The second-order valence-corrected chi connectivity index (χ2v) is 2.97. The molecule has 0 fully saturated rings. The van der Waals surface area contributed by atoms with Gasteiger partial charge in [-0.1, -0.05) is 0 Å². The molecule has 0 aliphatic carbocycles. The lowest BCUT2D eigenvalue weighted by atomic mass is 10.1. The SMILES string of the molecule is COc1ccc(NC(C)=O)c(O)c1C. The van der Waals surface area contributed by atoms with E-state index in [0.717, 1.165) is 0 Å². The van der Waals surface area contributed by atoms with Crippen molar-refractivity contribution in [1.29, 1.82) is 0 Å². The molecular weight excluding hydrogens is 182 g/mol. The van der Waals surface area contributed by atoms with Gasteiger partial charge in [-0.2, -0.15) is 0 Å². The molecule has 0 aromatic heterocycles. The first-order valence-corrected chi connectivity index (χ1v) is 4.20. The average molecular weight is 195 g/mol. The quantitative estimate of drug-likeness (QED) is 0.706. The van der Waals surface area contributed by atoms with Crippen molar-refractivity contribution in [2.75, 3.05) is 12.4 Å². The first kappa shape index (κ1) is 10.4. The summed E-state index contributed by atoms with van der Waals surface area (Å²) >= 11 is 0. The molecule has 4 heteroatoms. The maximum absolute atomic E-state index is 10.8. The maximum Gasteiger partial charge on any atom is 0.221 e. The van der Waals surface area contributed by atoms with Gasteiger partial charge in [0.25, 0.3) is 0 Å². The molecule has 0 spiro atoms. The van der Waals surface area contributed by atoms with Crippen LogP contribution in [0, 0.1) is 6.92 Å². The number of carbonyl (C=O) groups excluding carboxylic acids is 1. The predicted molar refractivity (Wildman–Crippen MR) is 53.7 cm³/mol. The largest absolute Gasteiger partial charge is 0.505 e. The van der Waals surface area contributed by atoms with Crippen LogP contribution in [0.15, 0.2) is 12.1 Å². The van der Waals surface area contributed by atoms with Crippen molar-refractivity contribution >= 4 is 11.6 Å². The van der Waals surface area contributed by atoms with Crippen LogP contribution in [0.4, 0.5) is 5.69 Å². The fraction of sp³-hybridized carbons (Fsp3) is 0.300. The van der Waals surface area contributed by atoms with Crippen molar-refractivity contribution in [2.45, 2.75) is 13.8 Å². The number of amides is 1. The number of hydrogen-bond donors (Lipinski definition) is 2. The Kier molecular flexibility index (Phi) is 2.96. The van der Waals surface area contributed by atoms with Crippen LogP contribution >= 0.6 is 0 Å². The standard InChI is InChI=1S/C10H13NO3/c1-6-9(14-3)5-4-8(10(6)13)11-7(2)12/h4-5,13H,1-3H3,(H,11,12). The van der Waals surface area contributed by atoms with E-state index >= 15 is 0 Å². The van der Waals surface area contributed by atoms with E-state index in [1.807, 2.05) is 0 Å². The summed E-state index contributed by atoms with van der Waals surface area (Å²) in [5.74, 6) is 0.418. The van der Waals surface area contributed by atoms with E-state index < -0.39 is 0 Å². The number of phenolic OH excluding ortho intramolecular Hbond substituents is 1. The second-order valence-electron chi connectivity index (χ2n) is 2.97. The summed E-state index contributed by atoms with van der Waals surface area (Å²) in [6.07, 6.45) is 0. The normalized spacial score (nSPS) is 9.64. The third-order valence-corrected chi connectivity index (χ3v) is 1.91. The highest BCUT2D eigenvalue weighted by Crippen LogP contribution is 2.33. The molecule has 4 nitrogen and oxygen atoms in total. The minimum Gasteiger partial charge on any atom is -0.505 e. The van der Waals surface area contributed by atoms with Crippen LogP contribution in [-0.2, 0) is 4.79 Å². The van der Waals surface area contributed by atoms with E-state index in [2.05, 4.69) is 5.32 Å². The molecule has 1 aromatic carbocycles. The van der Waals surface area contributed by atoms with Crippen molar-refractivity contribution in [3.8, 4) is 11.5 Å². The van der Waals surface area contributed by atoms with Crippen molar-refractivity contribution in [2.24, 2.45) is 0 Å². The molecule has 76 valence electrons. The lowest BCUT2D eigenvalue weighted by molar-refractivity contribution is -0.114. The molecule has 0 radical (unpaired) electrons. The Hall–Kier alpha value is -1.71. The zero-order valence-corrected chi connectivity index (χ0v) is 8.42. The van der Waals surface area contributed by atoms with Crippen molar-refractivity contribution in [3.05, 3.63) is 17.7 Å². The fourth-order valence-corrected chi connectivity index (χ4v) is 1.19. The third-order valence-electron chi connectivity index (χ3n) is 1.91. The number of hydrogen-bond acceptors (Lipinski definition) is 3. The molecule has 0 aliphatic rings. The molecule has 0 aliphatic heterocycles. The van der Waals surface area contributed by atoms with Crippen LogP contribution in [-0.4, -0.2) is 18.1 Å². The van der Waals surface area contributed by atoms with Crippen LogP contribution in [0.1, 0.15) is 12.5 Å². The van der Waals surface area contributed by atoms with Gasteiger partial charge in [-0.15, -0.1) is 0 Å². The molecule has 1 aromatic rings. The zero-order chi connectivity index (χ0) is 10.7. The van der Waals surface area contributed by atoms with E-state index in [0.29, 0.717) is 17.0 Å². The summed E-state index contributed by atoms with van der Waals surface area (Å²) in [5, 5.41) is 12.2. The number of nitrogens with one attached hydrogen (secondary N) is 1. The Morgan fingerprint density at radius 2 is 2.14 bits per heavy atom. The van der Waals surface area contributed by atoms with Gasteiger partial charge in [0.15, 0.2) is 0 Å². The molecule has 1 rings (SSSR count). The number of rotatable bonds is 2. The summed E-state index contributed by atoms with van der Waals surface area (Å²) in [6, 6.07) is 3.29. The molecule has 1 amide bonds. The van der Waals surface area contributed by atoms with Crippen LogP contribution < -0.4 is 10.1 Å². The van der Waals surface area contributed by atoms with Gasteiger partial charge in [-0.25, -0.2) is 0 Å². The molecule has 0 saturated carbocycles. The van der Waals surface area contributed by atoms with E-state index in [1.165, 1.54) is 14.0 Å². The molecule has 0 atom stereocenters.